The summed E-state index contributed by atoms with van der Waals surface area (Å²) in [5.41, 5.74) is -0.906. The van der Waals surface area contributed by atoms with E-state index in [2.05, 4.69) is 25.2 Å². The first kappa shape index (κ1) is 35.5. The van der Waals surface area contributed by atoms with Gasteiger partial charge in [0.05, 0.1) is 16.9 Å². The number of aromatic nitrogens is 3. The second-order valence-corrected chi connectivity index (χ2v) is 11.0. The normalized spacial score (nSPS) is 11.7. The molecule has 1 aromatic heterocycles. The van der Waals surface area contributed by atoms with Gasteiger partial charge in [-0.15, -0.1) is 10.2 Å². The smallest absolute Gasteiger partial charge is 0.744 e. The fraction of sp³-hybridized carbons (Fsp3) is 0.0952. The molecule has 0 bridgehead atoms. The van der Waals surface area contributed by atoms with Crippen LogP contribution in [-0.2, 0) is 20.2 Å². The molecule has 0 aliphatic heterocycles. The van der Waals surface area contributed by atoms with Crippen molar-refractivity contribution in [2.45, 2.75) is 9.79 Å². The summed E-state index contributed by atoms with van der Waals surface area (Å²) < 4.78 is 76.1. The summed E-state index contributed by atoms with van der Waals surface area (Å²) in [5.74, 6) is -0.701. The van der Waals surface area contributed by atoms with E-state index < -0.39 is 47.2 Å². The van der Waals surface area contributed by atoms with Crippen LogP contribution in [0.15, 0.2) is 62.5 Å². The molecule has 1 N–H and O–H groups in total. The first-order valence-corrected chi connectivity index (χ1v) is 13.9. The monoisotopic (exact) mass is 658 g/mol. The number of hydrogen-bond acceptors (Lipinski definition) is 14. The van der Waals surface area contributed by atoms with Crippen molar-refractivity contribution < 1.29 is 94.9 Å². The van der Waals surface area contributed by atoms with Crippen molar-refractivity contribution in [2.24, 2.45) is 10.2 Å². The molecule has 1 heterocycles. The van der Waals surface area contributed by atoms with E-state index in [9.17, 15) is 31.0 Å². The van der Waals surface area contributed by atoms with Crippen molar-refractivity contribution >= 4 is 77.2 Å². The van der Waals surface area contributed by atoms with E-state index in [0.29, 0.717) is 5.69 Å². The van der Waals surface area contributed by atoms with Gasteiger partial charge >= 0.3 is 59.1 Å². The van der Waals surface area contributed by atoms with Crippen LogP contribution in [0.3, 0.4) is 0 Å². The predicted molar refractivity (Wildman–Crippen MR) is 137 cm³/mol. The van der Waals surface area contributed by atoms with Crippen LogP contribution in [-0.4, -0.2) is 60.2 Å². The summed E-state index contributed by atoms with van der Waals surface area (Å²) in [4.78, 5) is 11.3. The van der Waals surface area contributed by atoms with Crippen LogP contribution >= 0.6 is 23.2 Å². The molecule has 4 rings (SSSR count). The summed E-state index contributed by atoms with van der Waals surface area (Å²) in [6.07, 6.45) is 0. The Kier molecular flexibility index (Phi) is 11.9. The number of azo groups is 1. The zero-order valence-corrected chi connectivity index (χ0v) is 28.7. The largest absolute Gasteiger partial charge is 1.00 e. The van der Waals surface area contributed by atoms with Gasteiger partial charge in [0, 0.05) is 18.1 Å². The molecule has 0 unspecified atom stereocenters. The van der Waals surface area contributed by atoms with Crippen LogP contribution in [0.5, 0.6) is 11.5 Å². The van der Waals surface area contributed by atoms with E-state index in [4.69, 9.17) is 27.9 Å². The van der Waals surface area contributed by atoms with Gasteiger partial charge in [-0.25, -0.2) is 16.8 Å². The molecule has 41 heavy (non-hydrogen) atoms. The summed E-state index contributed by atoms with van der Waals surface area (Å²) in [6, 6.07) is 8.53. The molecule has 4 aromatic rings. The Balaban J connectivity index is 0.00000294. The van der Waals surface area contributed by atoms with Crippen molar-refractivity contribution in [2.75, 3.05) is 19.1 Å². The van der Waals surface area contributed by atoms with Crippen LogP contribution in [0.25, 0.3) is 10.8 Å². The molecular formula is C21H14Cl2N6Na2O8S2. The van der Waals surface area contributed by atoms with E-state index in [1.54, 1.807) is 7.05 Å². The molecule has 14 nitrogen and oxygen atoms in total. The fourth-order valence-electron chi connectivity index (χ4n) is 3.41. The van der Waals surface area contributed by atoms with Gasteiger partial charge < -0.3 is 23.8 Å². The Bertz CT molecular complexity index is 1860. The maximum atomic E-state index is 12.0. The van der Waals surface area contributed by atoms with E-state index in [1.807, 2.05) is 0 Å². The molecular weight excluding hydrogens is 645 g/mol. The van der Waals surface area contributed by atoms with Crippen molar-refractivity contribution in [1.29, 1.82) is 0 Å². The number of benzene rings is 3. The molecule has 0 atom stereocenters. The summed E-state index contributed by atoms with van der Waals surface area (Å²) in [5, 5.41) is 18.1. The second-order valence-electron chi connectivity index (χ2n) is 7.65. The van der Waals surface area contributed by atoms with E-state index in [0.717, 1.165) is 18.2 Å². The third-order valence-corrected chi connectivity index (χ3v) is 7.31. The van der Waals surface area contributed by atoms with Gasteiger partial charge in [0.2, 0.25) is 16.5 Å². The van der Waals surface area contributed by atoms with Gasteiger partial charge in [0.15, 0.2) is 5.75 Å². The number of methoxy groups -OCH3 is 1. The second kappa shape index (κ2) is 13.7. The molecule has 204 valence electrons. The SMILES string of the molecule is COc1ccc(N=Nc2c(S(=O)(=O)[O-])cc3ccc(N(C)c4nc(Cl)nc(Cl)n4)cc3c2O)c(S(=O)(=O)[O-])c1.[Na+].[Na+]. The number of ether oxygens (including phenoxy) is 1. The summed E-state index contributed by atoms with van der Waals surface area (Å²) in [7, 11) is -7.49. The van der Waals surface area contributed by atoms with Gasteiger partial charge in [-0.1, -0.05) is 6.07 Å². The van der Waals surface area contributed by atoms with Crippen LogP contribution < -0.4 is 68.8 Å². The third-order valence-electron chi connectivity index (χ3n) is 5.26. The topological polar surface area (TPSA) is 210 Å². The zero-order valence-electron chi connectivity index (χ0n) is 21.6. The van der Waals surface area contributed by atoms with Crippen LogP contribution in [0.1, 0.15) is 0 Å². The first-order chi connectivity index (χ1) is 18.2. The summed E-state index contributed by atoms with van der Waals surface area (Å²) >= 11 is 11.7. The van der Waals surface area contributed by atoms with E-state index in [-0.39, 0.29) is 92.2 Å². The number of fused-ring (bicyclic) bond motifs is 1. The van der Waals surface area contributed by atoms with E-state index >= 15 is 0 Å². The molecule has 0 saturated heterocycles. The quantitative estimate of drug-likeness (QED) is 0.130. The van der Waals surface area contributed by atoms with Crippen LogP contribution in [0.2, 0.25) is 10.6 Å². The van der Waals surface area contributed by atoms with Gasteiger partial charge in [-0.05, 0) is 65.0 Å². The number of aromatic hydroxyl groups is 1. The third kappa shape index (κ3) is 8.04. The molecule has 0 radical (unpaired) electrons. The minimum atomic E-state index is -5.21. The fourth-order valence-corrected chi connectivity index (χ4v) is 5.04. The Labute approximate surface area is 287 Å². The average molecular weight is 659 g/mol. The minimum absolute atomic E-state index is 0. The van der Waals surface area contributed by atoms with Crippen LogP contribution in [0.4, 0.5) is 23.0 Å². The molecule has 3 aromatic carbocycles. The average Bonchev–Trinajstić information content (AvgIpc) is 2.85. The molecule has 0 aliphatic carbocycles. The van der Waals surface area contributed by atoms with Crippen molar-refractivity contribution in [3.05, 3.63) is 53.0 Å². The van der Waals surface area contributed by atoms with Gasteiger partial charge in [0.1, 0.15) is 37.4 Å². The standard InChI is InChI=1S/C21H16Cl2N6O8S2.2Na/c1-29(21-25-19(22)24-20(23)26-21)11-4-3-10-7-16(39(34,35)36)17(18(30)13(10)8-11)28-27-14-6-5-12(37-2)9-15(14)38(31,32)33;;/h3-9,30H,1-2H3,(H,31,32,33)(H,34,35,36);;/q;2*+1/p-2. The molecule has 0 amide bonds. The van der Waals surface area contributed by atoms with E-state index in [1.165, 1.54) is 36.3 Å². The molecule has 0 spiro atoms. The van der Waals surface area contributed by atoms with Gasteiger partial charge in [-0.3, -0.25) is 0 Å². The number of hydrogen-bond donors (Lipinski definition) is 1. The minimum Gasteiger partial charge on any atom is -0.744 e. The predicted octanol–water partition coefficient (Wildman–Crippen LogP) is -1.95. The Morgan fingerprint density at radius 2 is 1.49 bits per heavy atom. The first-order valence-electron chi connectivity index (χ1n) is 10.3. The summed E-state index contributed by atoms with van der Waals surface area (Å²) in [6.45, 7) is 0. The maximum absolute atomic E-state index is 12.0. The molecule has 20 heteroatoms. The van der Waals surface area contributed by atoms with Crippen molar-refractivity contribution in [3.8, 4) is 11.5 Å². The van der Waals surface area contributed by atoms with Crippen molar-refractivity contribution in [3.63, 3.8) is 0 Å². The maximum Gasteiger partial charge on any atom is 1.00 e. The molecule has 0 fully saturated rings. The van der Waals surface area contributed by atoms with Crippen molar-refractivity contribution in [1.82, 2.24) is 15.0 Å². The Morgan fingerprint density at radius 1 is 0.878 bits per heavy atom. The number of phenolic OH excluding ortho intramolecular Hbond substituents is 1. The Morgan fingerprint density at radius 3 is 2.05 bits per heavy atom. The number of phenols is 1. The molecule has 0 saturated carbocycles. The zero-order chi connectivity index (χ0) is 28.7. The van der Waals surface area contributed by atoms with Gasteiger partial charge in [0.25, 0.3) is 0 Å². The number of halogens is 2. The van der Waals surface area contributed by atoms with Gasteiger partial charge in [-0.2, -0.15) is 15.0 Å². The Hall–Kier alpha value is -1.67. The molecule has 0 aliphatic rings. The van der Waals surface area contributed by atoms with Crippen LogP contribution in [0, 0.1) is 0 Å². The number of nitrogens with zero attached hydrogens (tertiary/aromatic N) is 6. The number of rotatable bonds is 7. The number of anilines is 2.